The first-order chi connectivity index (χ1) is 12.1. The minimum Gasteiger partial charge on any atom is -0.495 e. The minimum atomic E-state index is -0.291. The highest BCUT2D eigenvalue weighted by atomic mass is 32.1. The summed E-state index contributed by atoms with van der Waals surface area (Å²) in [7, 11) is 1.62. The molecular formula is C20H18FNO2S. The molecule has 0 unspecified atom stereocenters. The maximum absolute atomic E-state index is 14.0. The molecule has 0 radical (unpaired) electrons. The Bertz CT molecular complexity index is 979. The van der Waals surface area contributed by atoms with Crippen molar-refractivity contribution in [2.75, 3.05) is 18.6 Å². The third kappa shape index (κ3) is 2.59. The number of ether oxygens (including phenoxy) is 1. The molecule has 1 aliphatic rings. The van der Waals surface area contributed by atoms with Crippen LogP contribution in [-0.4, -0.2) is 19.6 Å². The van der Waals surface area contributed by atoms with Crippen molar-refractivity contribution < 1.29 is 13.9 Å². The van der Waals surface area contributed by atoms with Crippen LogP contribution in [-0.2, 0) is 6.42 Å². The van der Waals surface area contributed by atoms with E-state index in [1.54, 1.807) is 24.1 Å². The lowest BCUT2D eigenvalue weighted by atomic mass is 9.96. The van der Waals surface area contributed by atoms with Crippen LogP contribution in [0.25, 0.3) is 10.1 Å². The molecule has 25 heavy (non-hydrogen) atoms. The van der Waals surface area contributed by atoms with E-state index < -0.39 is 0 Å². The summed E-state index contributed by atoms with van der Waals surface area (Å²) >= 11 is 1.33. The summed E-state index contributed by atoms with van der Waals surface area (Å²) in [5.74, 6) is 0.326. The third-order valence-electron chi connectivity index (χ3n) is 4.74. The van der Waals surface area contributed by atoms with Crippen molar-refractivity contribution in [1.82, 2.24) is 0 Å². The lowest BCUT2D eigenvalue weighted by molar-refractivity contribution is 0.0988. The van der Waals surface area contributed by atoms with Gasteiger partial charge in [-0.3, -0.25) is 4.79 Å². The Kier molecular flexibility index (Phi) is 3.96. The van der Waals surface area contributed by atoms with Crippen LogP contribution in [0.5, 0.6) is 5.75 Å². The molecule has 1 aromatic heterocycles. The number of thiophene rings is 1. The first kappa shape index (κ1) is 16.1. The second-order valence-corrected chi connectivity index (χ2v) is 7.32. The van der Waals surface area contributed by atoms with Crippen molar-refractivity contribution in [2.24, 2.45) is 0 Å². The van der Waals surface area contributed by atoms with Gasteiger partial charge in [-0.25, -0.2) is 4.39 Å². The smallest absolute Gasteiger partial charge is 0.268 e. The fourth-order valence-electron chi connectivity index (χ4n) is 3.48. The van der Waals surface area contributed by atoms with Gasteiger partial charge in [-0.05, 0) is 55.2 Å². The Labute approximate surface area is 149 Å². The van der Waals surface area contributed by atoms with Crippen LogP contribution < -0.4 is 9.64 Å². The SMILES string of the molecule is COc1ccc(C)c2c1N(C(=O)c1cc3c(F)cccc3s1)CCC2. The molecule has 0 N–H and O–H groups in total. The summed E-state index contributed by atoms with van der Waals surface area (Å²) in [5, 5.41) is 0.504. The van der Waals surface area contributed by atoms with Crippen molar-refractivity contribution in [2.45, 2.75) is 19.8 Å². The van der Waals surface area contributed by atoms with Gasteiger partial charge in [0.1, 0.15) is 11.6 Å². The summed E-state index contributed by atoms with van der Waals surface area (Å²) in [6, 6.07) is 10.5. The number of rotatable bonds is 2. The van der Waals surface area contributed by atoms with E-state index in [0.29, 0.717) is 22.6 Å². The van der Waals surface area contributed by atoms with Crippen LogP contribution >= 0.6 is 11.3 Å². The summed E-state index contributed by atoms with van der Waals surface area (Å²) in [5.41, 5.74) is 3.18. The van der Waals surface area contributed by atoms with Gasteiger partial charge in [0, 0.05) is 16.6 Å². The van der Waals surface area contributed by atoms with E-state index in [1.165, 1.54) is 17.4 Å². The number of fused-ring (bicyclic) bond motifs is 2. The molecule has 128 valence electrons. The Hall–Kier alpha value is -2.40. The molecular weight excluding hydrogens is 337 g/mol. The first-order valence-electron chi connectivity index (χ1n) is 8.26. The van der Waals surface area contributed by atoms with E-state index in [9.17, 15) is 9.18 Å². The van der Waals surface area contributed by atoms with Gasteiger partial charge in [0.05, 0.1) is 17.7 Å². The predicted octanol–water partition coefficient (Wildman–Crippen LogP) is 4.95. The molecule has 1 amide bonds. The average molecular weight is 355 g/mol. The molecule has 2 heterocycles. The van der Waals surface area contributed by atoms with Gasteiger partial charge in [0.15, 0.2) is 0 Å². The number of hydrogen-bond acceptors (Lipinski definition) is 3. The fraction of sp³-hybridized carbons (Fsp3) is 0.250. The maximum Gasteiger partial charge on any atom is 0.268 e. The van der Waals surface area contributed by atoms with Crippen LogP contribution in [0.1, 0.15) is 27.2 Å². The Morgan fingerprint density at radius 1 is 1.28 bits per heavy atom. The van der Waals surface area contributed by atoms with E-state index >= 15 is 0 Å². The van der Waals surface area contributed by atoms with Gasteiger partial charge < -0.3 is 9.64 Å². The highest BCUT2D eigenvalue weighted by Gasteiger charge is 2.29. The summed E-state index contributed by atoms with van der Waals surface area (Å²) in [6.07, 6.45) is 1.84. The van der Waals surface area contributed by atoms with Crippen molar-refractivity contribution in [3.8, 4) is 5.75 Å². The molecule has 3 aromatic rings. The van der Waals surface area contributed by atoms with Gasteiger partial charge in [0.25, 0.3) is 5.91 Å². The summed E-state index contributed by atoms with van der Waals surface area (Å²) in [6.45, 7) is 2.70. The Balaban J connectivity index is 1.82. The summed E-state index contributed by atoms with van der Waals surface area (Å²) in [4.78, 5) is 15.5. The van der Waals surface area contributed by atoms with E-state index in [4.69, 9.17) is 4.74 Å². The number of aryl methyl sites for hydroxylation is 1. The second kappa shape index (κ2) is 6.15. The number of carbonyl (C=O) groups excluding carboxylic acids is 1. The zero-order valence-electron chi connectivity index (χ0n) is 14.1. The fourth-order valence-corrected chi connectivity index (χ4v) is 4.51. The number of benzene rings is 2. The number of hydrogen-bond donors (Lipinski definition) is 0. The average Bonchev–Trinajstić information content (AvgIpc) is 3.07. The Morgan fingerprint density at radius 2 is 2.12 bits per heavy atom. The normalized spacial score (nSPS) is 13.8. The molecule has 0 saturated carbocycles. The van der Waals surface area contributed by atoms with Gasteiger partial charge in [-0.1, -0.05) is 12.1 Å². The van der Waals surface area contributed by atoms with Crippen LogP contribution in [0, 0.1) is 12.7 Å². The van der Waals surface area contributed by atoms with Crippen molar-refractivity contribution in [1.29, 1.82) is 0 Å². The largest absolute Gasteiger partial charge is 0.495 e. The molecule has 1 aliphatic heterocycles. The molecule has 0 spiro atoms. The highest BCUT2D eigenvalue weighted by molar-refractivity contribution is 7.20. The lowest BCUT2D eigenvalue weighted by Crippen LogP contribution is -2.35. The molecule has 3 nitrogen and oxygen atoms in total. The third-order valence-corrected chi connectivity index (χ3v) is 5.83. The van der Waals surface area contributed by atoms with Gasteiger partial charge in [-0.15, -0.1) is 11.3 Å². The van der Waals surface area contributed by atoms with Crippen LogP contribution in [0.4, 0.5) is 10.1 Å². The lowest BCUT2D eigenvalue weighted by Gasteiger charge is -2.31. The molecule has 4 rings (SSSR count). The zero-order valence-corrected chi connectivity index (χ0v) is 15.0. The molecule has 2 aromatic carbocycles. The number of nitrogens with zero attached hydrogens (tertiary/aromatic N) is 1. The molecule has 0 fully saturated rings. The number of carbonyl (C=O) groups is 1. The molecule has 0 saturated heterocycles. The zero-order chi connectivity index (χ0) is 17.6. The maximum atomic E-state index is 14.0. The van der Waals surface area contributed by atoms with Gasteiger partial charge >= 0.3 is 0 Å². The van der Waals surface area contributed by atoms with E-state index in [0.717, 1.165) is 34.4 Å². The van der Waals surface area contributed by atoms with Crippen LogP contribution in [0.2, 0.25) is 0 Å². The standard InChI is InChI=1S/C20H18FNO2S/c1-12-8-9-16(24-2)19-13(12)5-4-10-22(19)20(23)18-11-14-15(21)6-3-7-17(14)25-18/h3,6-9,11H,4-5,10H2,1-2H3. The minimum absolute atomic E-state index is 0.0922. The molecule has 5 heteroatoms. The van der Waals surface area contributed by atoms with Gasteiger partial charge in [-0.2, -0.15) is 0 Å². The van der Waals surface area contributed by atoms with Crippen molar-refractivity contribution in [3.05, 3.63) is 58.2 Å². The highest BCUT2D eigenvalue weighted by Crippen LogP contribution is 2.40. The monoisotopic (exact) mass is 355 g/mol. The first-order valence-corrected chi connectivity index (χ1v) is 9.08. The quantitative estimate of drug-likeness (QED) is 0.651. The number of amides is 1. The van der Waals surface area contributed by atoms with Crippen LogP contribution in [0.15, 0.2) is 36.4 Å². The second-order valence-electron chi connectivity index (χ2n) is 6.23. The molecule has 0 atom stereocenters. The van der Waals surface area contributed by atoms with E-state index in [-0.39, 0.29) is 11.7 Å². The Morgan fingerprint density at radius 3 is 2.88 bits per heavy atom. The van der Waals surface area contributed by atoms with Crippen LogP contribution in [0.3, 0.4) is 0 Å². The topological polar surface area (TPSA) is 29.5 Å². The molecule has 0 aliphatic carbocycles. The number of halogens is 1. The number of methoxy groups -OCH3 is 1. The molecule has 0 bridgehead atoms. The van der Waals surface area contributed by atoms with Gasteiger partial charge in [0.2, 0.25) is 0 Å². The van der Waals surface area contributed by atoms with E-state index in [2.05, 4.69) is 6.92 Å². The van der Waals surface area contributed by atoms with E-state index in [1.807, 2.05) is 18.2 Å². The van der Waals surface area contributed by atoms with Crippen molar-refractivity contribution >= 4 is 33.0 Å². The predicted molar refractivity (Wildman–Crippen MR) is 99.5 cm³/mol. The number of anilines is 1. The summed E-state index contributed by atoms with van der Waals surface area (Å²) < 4.78 is 20.3. The van der Waals surface area contributed by atoms with Crippen molar-refractivity contribution in [3.63, 3.8) is 0 Å².